The van der Waals surface area contributed by atoms with Gasteiger partial charge in [0.15, 0.2) is 0 Å². The van der Waals surface area contributed by atoms with Crippen molar-refractivity contribution in [3.63, 3.8) is 0 Å². The molecule has 0 radical (unpaired) electrons. The van der Waals surface area contributed by atoms with Crippen LogP contribution in [-0.4, -0.2) is 10.6 Å². The van der Waals surface area contributed by atoms with Crippen molar-refractivity contribution in [1.82, 2.24) is 4.57 Å². The highest BCUT2D eigenvalue weighted by atomic mass is 15.2. The Labute approximate surface area is 147 Å². The van der Waals surface area contributed by atoms with E-state index in [1.807, 2.05) is 6.92 Å². The summed E-state index contributed by atoms with van der Waals surface area (Å²) in [5.41, 5.74) is 15.3. The maximum Gasteiger partial charge on any atom is 0.0525 e. The molecule has 4 heteroatoms. The molecule has 4 rings (SSSR count). The molecule has 1 aliphatic carbocycles. The molecule has 25 heavy (non-hydrogen) atoms. The Hall–Kier alpha value is -2.97. The van der Waals surface area contributed by atoms with Crippen LogP contribution in [0.3, 0.4) is 0 Å². The van der Waals surface area contributed by atoms with Crippen molar-refractivity contribution >= 4 is 0 Å². The summed E-state index contributed by atoms with van der Waals surface area (Å²) in [4.78, 5) is 2.95. The highest BCUT2D eigenvalue weighted by molar-refractivity contribution is 5.73. The van der Waals surface area contributed by atoms with Crippen LogP contribution in [-0.2, 0) is 13.0 Å². The summed E-state index contributed by atoms with van der Waals surface area (Å²) >= 11 is 0. The summed E-state index contributed by atoms with van der Waals surface area (Å²) < 4.78 is 2.24. The molecule has 4 nitrogen and oxygen atoms in total. The van der Waals surface area contributed by atoms with Crippen LogP contribution in [0.1, 0.15) is 29.5 Å². The molecule has 0 saturated carbocycles. The van der Waals surface area contributed by atoms with Crippen LogP contribution in [0.15, 0.2) is 72.0 Å². The molecule has 0 saturated heterocycles. The third-order valence-corrected chi connectivity index (χ3v) is 4.98. The van der Waals surface area contributed by atoms with Crippen LogP contribution in [0.25, 0.3) is 21.7 Å². The summed E-state index contributed by atoms with van der Waals surface area (Å²) in [6.45, 7) is 2.64. The van der Waals surface area contributed by atoms with Crippen molar-refractivity contribution < 1.29 is 0 Å². The maximum absolute atomic E-state index is 8.70. The first kappa shape index (κ1) is 15.6. The Morgan fingerprint density at radius 1 is 1.12 bits per heavy atom. The molecule has 3 aromatic rings. The third kappa shape index (κ3) is 2.81. The van der Waals surface area contributed by atoms with E-state index in [0.29, 0.717) is 12.5 Å². The van der Waals surface area contributed by atoms with Gasteiger partial charge in [0, 0.05) is 29.1 Å². The lowest BCUT2D eigenvalue weighted by Gasteiger charge is -2.27. The van der Waals surface area contributed by atoms with Gasteiger partial charge in [0.05, 0.1) is 11.7 Å². The number of fused-ring (bicyclic) bond motifs is 3. The molecule has 2 aromatic carbocycles. The van der Waals surface area contributed by atoms with Crippen LogP contribution in [0.5, 0.6) is 0 Å². The molecule has 124 valence electrons. The van der Waals surface area contributed by atoms with E-state index >= 15 is 0 Å². The van der Waals surface area contributed by atoms with Crippen molar-refractivity contribution in [1.29, 1.82) is 0 Å². The molecule has 1 aromatic heterocycles. The molecule has 0 N–H and O–H groups in total. The summed E-state index contributed by atoms with van der Waals surface area (Å²) in [5, 5.41) is 3.84. The van der Waals surface area contributed by atoms with Gasteiger partial charge in [-0.15, -0.1) is 0 Å². The topological polar surface area (TPSA) is 53.7 Å². The predicted octanol–water partition coefficient (Wildman–Crippen LogP) is 5.54. The maximum atomic E-state index is 8.70. The van der Waals surface area contributed by atoms with E-state index in [0.717, 1.165) is 6.42 Å². The lowest BCUT2D eigenvalue weighted by atomic mass is 9.78. The second-order valence-corrected chi connectivity index (χ2v) is 6.65. The first-order valence-corrected chi connectivity index (χ1v) is 8.64. The fourth-order valence-electron chi connectivity index (χ4n) is 3.88. The molecular formula is C21H20N4. The second-order valence-electron chi connectivity index (χ2n) is 6.65. The molecule has 0 spiro atoms. The van der Waals surface area contributed by atoms with Crippen LogP contribution < -0.4 is 0 Å². The van der Waals surface area contributed by atoms with E-state index in [2.05, 4.69) is 81.5 Å². The zero-order valence-electron chi connectivity index (χ0n) is 14.2. The largest absolute Gasteiger partial charge is 0.347 e. The fraction of sp³-hybridized carbons (Fsp3) is 0.238. The molecular weight excluding hydrogens is 308 g/mol. The minimum Gasteiger partial charge on any atom is -0.347 e. The monoisotopic (exact) mass is 328 g/mol. The highest BCUT2D eigenvalue weighted by Gasteiger charge is 2.28. The van der Waals surface area contributed by atoms with E-state index in [1.165, 1.54) is 27.9 Å². The van der Waals surface area contributed by atoms with E-state index < -0.39 is 0 Å². The molecule has 2 unspecified atom stereocenters. The Balaban J connectivity index is 1.84. The summed E-state index contributed by atoms with van der Waals surface area (Å²) in [5.74, 6) is 0.363. The standard InChI is InChI=1S/C21H20N4/c1-15(23-24-22)14-25-12-11-19-20(16-7-3-2-4-8-16)13-17-9-5-6-10-18(17)21(19)25/h2-12,15,20H,13-14H2,1H3. The zero-order valence-corrected chi connectivity index (χ0v) is 14.2. The minimum absolute atomic E-state index is 0.0780. The van der Waals surface area contributed by atoms with Crippen molar-refractivity contribution in [2.75, 3.05) is 0 Å². The first-order valence-electron chi connectivity index (χ1n) is 8.64. The van der Waals surface area contributed by atoms with Crippen molar-refractivity contribution in [2.24, 2.45) is 5.11 Å². The smallest absolute Gasteiger partial charge is 0.0525 e. The Kier molecular flexibility index (Phi) is 4.04. The number of hydrogen-bond acceptors (Lipinski definition) is 1. The predicted molar refractivity (Wildman–Crippen MR) is 100 cm³/mol. The van der Waals surface area contributed by atoms with Crippen LogP contribution in [0.4, 0.5) is 0 Å². The second kappa shape index (κ2) is 6.50. The quantitative estimate of drug-likeness (QED) is 0.343. The fourth-order valence-corrected chi connectivity index (χ4v) is 3.88. The lowest BCUT2D eigenvalue weighted by Crippen LogP contribution is -2.16. The van der Waals surface area contributed by atoms with Crippen LogP contribution in [0.2, 0.25) is 0 Å². The molecule has 2 atom stereocenters. The Morgan fingerprint density at radius 3 is 2.68 bits per heavy atom. The van der Waals surface area contributed by atoms with Gasteiger partial charge in [-0.25, -0.2) is 0 Å². The van der Waals surface area contributed by atoms with E-state index in [1.54, 1.807) is 0 Å². The van der Waals surface area contributed by atoms with Gasteiger partial charge in [0.2, 0.25) is 0 Å². The molecule has 0 fully saturated rings. The molecule has 0 aliphatic heterocycles. The average Bonchev–Trinajstić information content (AvgIpc) is 3.06. The summed E-state index contributed by atoms with van der Waals surface area (Å²) in [6, 6.07) is 21.5. The van der Waals surface area contributed by atoms with E-state index in [9.17, 15) is 0 Å². The van der Waals surface area contributed by atoms with Gasteiger partial charge in [0.25, 0.3) is 0 Å². The number of benzene rings is 2. The van der Waals surface area contributed by atoms with Crippen LogP contribution in [0, 0.1) is 0 Å². The third-order valence-electron chi connectivity index (χ3n) is 4.98. The molecule has 1 heterocycles. The minimum atomic E-state index is -0.0780. The zero-order chi connectivity index (χ0) is 17.2. The van der Waals surface area contributed by atoms with Crippen LogP contribution >= 0.6 is 0 Å². The lowest BCUT2D eigenvalue weighted by molar-refractivity contribution is 0.590. The normalized spacial score (nSPS) is 16.4. The van der Waals surface area contributed by atoms with E-state index in [4.69, 9.17) is 5.53 Å². The van der Waals surface area contributed by atoms with Gasteiger partial charge >= 0.3 is 0 Å². The number of azide groups is 1. The highest BCUT2D eigenvalue weighted by Crippen LogP contribution is 2.43. The van der Waals surface area contributed by atoms with Gasteiger partial charge < -0.3 is 4.57 Å². The molecule has 0 bridgehead atoms. The number of nitrogens with zero attached hydrogens (tertiary/aromatic N) is 4. The average molecular weight is 328 g/mol. The molecule has 0 amide bonds. The Morgan fingerprint density at radius 2 is 1.88 bits per heavy atom. The van der Waals surface area contributed by atoms with Crippen molar-refractivity contribution in [3.8, 4) is 11.3 Å². The van der Waals surface area contributed by atoms with E-state index in [-0.39, 0.29) is 6.04 Å². The SMILES string of the molecule is CC(Cn1ccc2c1-c1ccccc1CC2c1ccccc1)N=[N+]=[N-]. The number of aromatic nitrogens is 1. The van der Waals surface area contributed by atoms with Gasteiger partial charge in [-0.05, 0) is 34.7 Å². The van der Waals surface area contributed by atoms with Crippen molar-refractivity contribution in [2.45, 2.75) is 31.8 Å². The summed E-state index contributed by atoms with van der Waals surface area (Å²) in [7, 11) is 0. The van der Waals surface area contributed by atoms with Gasteiger partial charge in [-0.1, -0.05) is 66.6 Å². The number of hydrogen-bond donors (Lipinski definition) is 0. The Bertz CT molecular complexity index is 936. The van der Waals surface area contributed by atoms with Gasteiger partial charge in [-0.3, -0.25) is 0 Å². The van der Waals surface area contributed by atoms with Crippen molar-refractivity contribution in [3.05, 3.63) is 94.0 Å². The van der Waals surface area contributed by atoms with Gasteiger partial charge in [0.1, 0.15) is 0 Å². The molecule has 1 aliphatic rings. The first-order chi connectivity index (χ1) is 12.3. The number of rotatable bonds is 4. The summed E-state index contributed by atoms with van der Waals surface area (Å²) in [6.07, 6.45) is 3.15. The van der Waals surface area contributed by atoms with Gasteiger partial charge in [-0.2, -0.15) is 0 Å².